The number of carbonyl (C=O) groups is 4. The zero-order valence-electron chi connectivity index (χ0n) is 18.9. The Labute approximate surface area is 200 Å². The van der Waals surface area contributed by atoms with Crippen LogP contribution in [0, 0.1) is 0 Å². The SMILES string of the molecule is CC(=O)N1c2ccccc2C(=O)C1[C@]1(NC(=O)OC(C)(C)C)C(=O)N(C)c2ccc(Br)cc21. The molecule has 2 atom stereocenters. The molecule has 0 aromatic heterocycles. The summed E-state index contributed by atoms with van der Waals surface area (Å²) in [4.78, 5) is 56.2. The van der Waals surface area contributed by atoms with E-state index >= 15 is 0 Å². The van der Waals surface area contributed by atoms with Crippen LogP contribution in [0.25, 0.3) is 0 Å². The number of likely N-dealkylation sites (N-methyl/N-ethyl adjacent to an activating group) is 1. The third kappa shape index (κ3) is 3.51. The summed E-state index contributed by atoms with van der Waals surface area (Å²) in [6, 6.07) is 10.5. The molecule has 2 aliphatic heterocycles. The van der Waals surface area contributed by atoms with Crippen LogP contribution in [0.15, 0.2) is 46.9 Å². The summed E-state index contributed by atoms with van der Waals surface area (Å²) >= 11 is 3.43. The molecule has 9 heteroatoms. The predicted octanol–water partition coefficient (Wildman–Crippen LogP) is 3.76. The van der Waals surface area contributed by atoms with Crippen molar-refractivity contribution in [3.63, 3.8) is 0 Å². The molecule has 2 aromatic rings. The second-order valence-corrected chi connectivity index (χ2v) is 10.0. The van der Waals surface area contributed by atoms with Gasteiger partial charge in [0, 0.05) is 35.3 Å². The number of fused-ring (bicyclic) bond motifs is 2. The van der Waals surface area contributed by atoms with Gasteiger partial charge in [-0.3, -0.25) is 19.3 Å². The second-order valence-electron chi connectivity index (χ2n) is 9.13. The first-order valence-corrected chi connectivity index (χ1v) is 11.2. The lowest BCUT2D eigenvalue weighted by Gasteiger charge is -2.38. The number of anilines is 2. The molecule has 4 rings (SSSR count). The Bertz CT molecular complexity index is 1200. The standard InChI is InChI=1S/C24H24BrN3O5/c1-13(29)28-17-9-7-6-8-15(17)19(30)20(28)24(26-22(32)33-23(2,3)4)16-12-14(25)10-11-18(16)27(5)21(24)31/h6-12,20H,1-5H3,(H,26,32)/t20?,24-/m0/s1. The number of carbonyl (C=O) groups excluding carboxylic acids is 4. The monoisotopic (exact) mass is 513 g/mol. The van der Waals surface area contributed by atoms with Crippen LogP contribution in [-0.4, -0.2) is 42.4 Å². The fourth-order valence-corrected chi connectivity index (χ4v) is 4.92. The number of hydrogen-bond acceptors (Lipinski definition) is 5. The Morgan fingerprint density at radius 1 is 1.09 bits per heavy atom. The average Bonchev–Trinajstić information content (AvgIpc) is 3.12. The van der Waals surface area contributed by atoms with E-state index < -0.39 is 40.9 Å². The third-order valence-electron chi connectivity index (χ3n) is 5.77. The van der Waals surface area contributed by atoms with Crippen LogP contribution in [-0.2, 0) is 19.9 Å². The molecule has 0 radical (unpaired) electrons. The molecule has 0 fully saturated rings. The normalized spacial score (nSPS) is 21.7. The molecule has 33 heavy (non-hydrogen) atoms. The van der Waals surface area contributed by atoms with Crippen molar-refractivity contribution in [1.29, 1.82) is 0 Å². The zero-order valence-corrected chi connectivity index (χ0v) is 20.5. The lowest BCUT2D eigenvalue weighted by atomic mass is 9.81. The minimum atomic E-state index is -1.89. The first kappa shape index (κ1) is 23.0. The molecule has 172 valence electrons. The van der Waals surface area contributed by atoms with Crippen molar-refractivity contribution in [2.75, 3.05) is 16.8 Å². The summed E-state index contributed by atoms with van der Waals surface area (Å²) in [7, 11) is 1.57. The minimum Gasteiger partial charge on any atom is -0.444 e. The van der Waals surface area contributed by atoms with E-state index in [2.05, 4.69) is 21.2 Å². The van der Waals surface area contributed by atoms with Crippen LogP contribution >= 0.6 is 15.9 Å². The number of nitrogens with one attached hydrogen (secondary N) is 1. The number of ketones is 1. The highest BCUT2D eigenvalue weighted by molar-refractivity contribution is 9.10. The summed E-state index contributed by atoms with van der Waals surface area (Å²) in [6.07, 6.45) is -0.871. The van der Waals surface area contributed by atoms with Crippen molar-refractivity contribution >= 4 is 51.0 Å². The summed E-state index contributed by atoms with van der Waals surface area (Å²) in [5.41, 5.74) is -1.12. The summed E-state index contributed by atoms with van der Waals surface area (Å²) in [6.45, 7) is 6.43. The van der Waals surface area contributed by atoms with Gasteiger partial charge in [-0.15, -0.1) is 0 Å². The molecule has 2 aliphatic rings. The number of benzene rings is 2. The zero-order chi connectivity index (χ0) is 24.3. The minimum absolute atomic E-state index is 0.307. The molecular formula is C24H24BrN3O5. The first-order valence-electron chi connectivity index (χ1n) is 10.4. The molecule has 0 bridgehead atoms. The third-order valence-corrected chi connectivity index (χ3v) is 6.26. The van der Waals surface area contributed by atoms with Crippen molar-refractivity contribution in [2.24, 2.45) is 0 Å². The quantitative estimate of drug-likeness (QED) is 0.659. The fraction of sp³-hybridized carbons (Fsp3) is 0.333. The smallest absolute Gasteiger partial charge is 0.408 e. The van der Waals surface area contributed by atoms with Crippen molar-refractivity contribution in [1.82, 2.24) is 5.32 Å². The number of nitrogens with zero attached hydrogens (tertiary/aromatic N) is 2. The molecule has 1 unspecified atom stereocenters. The van der Waals surface area contributed by atoms with Gasteiger partial charge in [0.05, 0.1) is 5.69 Å². The summed E-state index contributed by atoms with van der Waals surface area (Å²) < 4.78 is 6.12. The highest BCUT2D eigenvalue weighted by Gasteiger charge is 2.63. The van der Waals surface area contributed by atoms with E-state index in [1.807, 2.05) is 0 Å². The number of ether oxygens (including phenoxy) is 1. The van der Waals surface area contributed by atoms with Gasteiger partial charge in [-0.25, -0.2) is 4.79 Å². The van der Waals surface area contributed by atoms with Crippen LogP contribution in [0.4, 0.5) is 16.2 Å². The Morgan fingerprint density at radius 3 is 2.39 bits per heavy atom. The van der Waals surface area contributed by atoms with Crippen molar-refractivity contribution < 1.29 is 23.9 Å². The van der Waals surface area contributed by atoms with Crippen LogP contribution in [0.1, 0.15) is 43.6 Å². The van der Waals surface area contributed by atoms with E-state index in [4.69, 9.17) is 4.74 Å². The fourth-order valence-electron chi connectivity index (χ4n) is 4.56. The lowest BCUT2D eigenvalue weighted by molar-refractivity contribution is -0.125. The average molecular weight is 514 g/mol. The Hall–Kier alpha value is -3.20. The van der Waals surface area contributed by atoms with Crippen LogP contribution in [0.2, 0.25) is 0 Å². The molecule has 0 saturated heterocycles. The molecular weight excluding hydrogens is 490 g/mol. The van der Waals surface area contributed by atoms with Gasteiger partial charge >= 0.3 is 6.09 Å². The Morgan fingerprint density at radius 2 is 1.76 bits per heavy atom. The number of halogens is 1. The molecule has 2 aromatic carbocycles. The second kappa shape index (κ2) is 7.69. The van der Waals surface area contributed by atoms with Crippen LogP contribution < -0.4 is 15.1 Å². The number of rotatable bonds is 2. The molecule has 0 saturated carbocycles. The van der Waals surface area contributed by atoms with Crippen molar-refractivity contribution in [3.8, 4) is 0 Å². The van der Waals surface area contributed by atoms with Crippen molar-refractivity contribution in [3.05, 3.63) is 58.1 Å². The van der Waals surface area contributed by atoms with E-state index in [0.717, 1.165) is 0 Å². The molecule has 0 spiro atoms. The maximum atomic E-state index is 13.9. The number of alkyl carbamates (subject to hydrolysis) is 1. The number of para-hydroxylation sites is 1. The van der Waals surface area contributed by atoms with Gasteiger partial charge in [-0.1, -0.05) is 28.1 Å². The molecule has 2 heterocycles. The highest BCUT2D eigenvalue weighted by atomic mass is 79.9. The van der Waals surface area contributed by atoms with Gasteiger partial charge in [0.2, 0.25) is 5.91 Å². The summed E-state index contributed by atoms with van der Waals surface area (Å²) in [5, 5.41) is 2.72. The van der Waals surface area contributed by atoms with E-state index in [1.54, 1.807) is 70.3 Å². The first-order chi connectivity index (χ1) is 15.4. The van der Waals surface area contributed by atoms with E-state index in [9.17, 15) is 19.2 Å². The van der Waals surface area contributed by atoms with Crippen LogP contribution in [0.3, 0.4) is 0 Å². The van der Waals surface area contributed by atoms with Crippen molar-refractivity contribution in [2.45, 2.75) is 44.9 Å². The lowest BCUT2D eigenvalue weighted by Crippen LogP contribution is -2.66. The van der Waals surface area contributed by atoms with Gasteiger partial charge < -0.3 is 15.0 Å². The maximum absolute atomic E-state index is 13.9. The van der Waals surface area contributed by atoms with E-state index in [-0.39, 0.29) is 0 Å². The highest BCUT2D eigenvalue weighted by Crippen LogP contribution is 2.49. The molecule has 3 amide bonds. The topological polar surface area (TPSA) is 96.0 Å². The molecule has 8 nitrogen and oxygen atoms in total. The molecule has 1 N–H and O–H groups in total. The number of hydrogen-bond donors (Lipinski definition) is 1. The van der Waals surface area contributed by atoms with Crippen LogP contribution in [0.5, 0.6) is 0 Å². The maximum Gasteiger partial charge on any atom is 0.408 e. The predicted molar refractivity (Wildman–Crippen MR) is 126 cm³/mol. The Kier molecular flexibility index (Phi) is 5.35. The van der Waals surface area contributed by atoms with E-state index in [0.29, 0.717) is 27.0 Å². The molecule has 0 aliphatic carbocycles. The number of amides is 3. The summed E-state index contributed by atoms with van der Waals surface area (Å²) in [5.74, 6) is -1.41. The van der Waals surface area contributed by atoms with Gasteiger partial charge in [-0.2, -0.15) is 0 Å². The Balaban J connectivity index is 1.99. The van der Waals surface area contributed by atoms with Gasteiger partial charge in [0.15, 0.2) is 11.3 Å². The van der Waals surface area contributed by atoms with Gasteiger partial charge in [0.1, 0.15) is 11.6 Å². The van der Waals surface area contributed by atoms with E-state index in [1.165, 1.54) is 16.7 Å². The van der Waals surface area contributed by atoms with Gasteiger partial charge in [0.25, 0.3) is 5.91 Å². The number of Topliss-reactive ketones (excluding diaryl/α,β-unsaturated/α-hetero) is 1. The largest absolute Gasteiger partial charge is 0.444 e. The van der Waals surface area contributed by atoms with Gasteiger partial charge in [-0.05, 0) is 51.1 Å².